The number of hydrogen-bond donors (Lipinski definition) is 2. The van der Waals surface area contributed by atoms with Crippen LogP contribution in [0.25, 0.3) is 11.1 Å². The predicted molar refractivity (Wildman–Crippen MR) is 136 cm³/mol. The van der Waals surface area contributed by atoms with Crippen LogP contribution in [0.4, 0.5) is 13.2 Å². The maximum Gasteiger partial charge on any atom is 0.417 e. The Morgan fingerprint density at radius 2 is 1.90 bits per heavy atom. The summed E-state index contributed by atoms with van der Waals surface area (Å²) in [5.41, 5.74) is 0.725. The second-order valence-corrected chi connectivity index (χ2v) is 13.5. The maximum atomic E-state index is 14.3. The van der Waals surface area contributed by atoms with Crippen molar-refractivity contribution in [3.8, 4) is 17.2 Å². The van der Waals surface area contributed by atoms with Crippen LogP contribution < -0.4 is 5.73 Å². The van der Waals surface area contributed by atoms with E-state index in [1.54, 1.807) is 7.05 Å². The number of nitrogens with two attached hydrogens (primary N) is 1. The molecule has 3 saturated carbocycles. The minimum atomic E-state index is -5.04. The Bertz CT molecular complexity index is 1540. The van der Waals surface area contributed by atoms with Crippen molar-refractivity contribution in [2.75, 3.05) is 0 Å². The number of ether oxygens (including phenoxy) is 1. The van der Waals surface area contributed by atoms with Gasteiger partial charge in [-0.05, 0) is 49.8 Å². The molecule has 3 N–H and O–H groups in total. The van der Waals surface area contributed by atoms with Gasteiger partial charge in [0.2, 0.25) is 5.91 Å². The lowest BCUT2D eigenvalue weighted by atomic mass is 9.75. The van der Waals surface area contributed by atoms with E-state index in [0.717, 1.165) is 25.0 Å². The molecule has 1 amide bonds. The number of nitriles is 1. The maximum absolute atomic E-state index is 14.3. The van der Waals surface area contributed by atoms with E-state index < -0.39 is 79.3 Å². The third kappa shape index (κ3) is 4.68. The summed E-state index contributed by atoms with van der Waals surface area (Å²) in [5.74, 6) is -3.64. The number of aliphatic carboxylic acids is 1. The number of halogens is 3. The van der Waals surface area contributed by atoms with Crippen molar-refractivity contribution < 1.29 is 41.0 Å². The number of rotatable bonds is 8. The molecule has 1 heterocycles. The smallest absolute Gasteiger partial charge is 0.417 e. The molecule has 0 bridgehead atoms. The summed E-state index contributed by atoms with van der Waals surface area (Å²) in [7, 11) is -3.18. The van der Waals surface area contributed by atoms with E-state index in [1.807, 2.05) is 6.07 Å². The summed E-state index contributed by atoms with van der Waals surface area (Å²) in [6.45, 7) is 0. The molecule has 3 aliphatic carbocycles. The monoisotopic (exact) mass is 594 g/mol. The van der Waals surface area contributed by atoms with Gasteiger partial charge in [-0.25, -0.2) is 8.42 Å². The van der Waals surface area contributed by atoms with Gasteiger partial charge < -0.3 is 15.6 Å². The van der Waals surface area contributed by atoms with E-state index in [0.29, 0.717) is 18.4 Å². The van der Waals surface area contributed by atoms with Gasteiger partial charge in [0.15, 0.2) is 9.84 Å². The van der Waals surface area contributed by atoms with E-state index in [2.05, 4.69) is 5.10 Å². The molecule has 1 aromatic carbocycles. The quantitative estimate of drug-likeness (QED) is 0.469. The normalized spacial score (nSPS) is 30.3. The third-order valence-corrected chi connectivity index (χ3v) is 11.2. The fraction of sp³-hybridized carbons (Fsp3) is 0.556. The minimum absolute atomic E-state index is 0.108. The molecule has 0 aliphatic heterocycles. The second-order valence-electron chi connectivity index (χ2n) is 11.3. The number of aromatic nitrogens is 2. The Morgan fingerprint density at radius 3 is 2.41 bits per heavy atom. The van der Waals surface area contributed by atoms with Crippen molar-refractivity contribution in [3.63, 3.8) is 0 Å². The van der Waals surface area contributed by atoms with E-state index in [-0.39, 0.29) is 18.1 Å². The Kier molecular flexibility index (Phi) is 6.97. The first-order chi connectivity index (χ1) is 19.2. The van der Waals surface area contributed by atoms with Crippen LogP contribution in [0.3, 0.4) is 0 Å². The Hall–Kier alpha value is -3.44. The average molecular weight is 595 g/mol. The molecule has 5 rings (SSSR count). The standard InChI is InChI=1S/C27H29F3N4O6S/c1-34-13-16(12-33-34)15-6-7-20(19(8-15)27(28,29)30)41(38,39)18-9-22(40-17-4-2-3-5-17)26(10-18,24(36)37)21-11-25(21,14-31)23(32)35/h6-8,12-13,17-18,21-22H,2-5,9-11H2,1H3,(H2,32,35)(H,36,37)/t18-,21?,22+,25?,26+/m0/s1. The number of nitrogens with zero attached hydrogens (tertiary/aromatic N) is 3. The first kappa shape index (κ1) is 29.1. The molecule has 3 aliphatic rings. The molecule has 14 heteroatoms. The van der Waals surface area contributed by atoms with Gasteiger partial charge in [0, 0.05) is 24.7 Å². The number of carboxylic acids is 1. The fourth-order valence-corrected chi connectivity index (χ4v) is 8.74. The highest BCUT2D eigenvalue weighted by Crippen LogP contribution is 2.67. The molecule has 3 fully saturated rings. The molecule has 0 spiro atoms. The van der Waals surface area contributed by atoms with Crippen molar-refractivity contribution in [2.24, 2.45) is 29.5 Å². The van der Waals surface area contributed by atoms with Crippen molar-refractivity contribution in [1.29, 1.82) is 5.26 Å². The molecule has 2 aromatic rings. The number of carbonyl (C=O) groups is 2. The van der Waals surface area contributed by atoms with Crippen LogP contribution in [0.15, 0.2) is 35.5 Å². The number of primary amides is 1. The summed E-state index contributed by atoms with van der Waals surface area (Å²) >= 11 is 0. The number of aryl methyl sites for hydroxylation is 1. The summed E-state index contributed by atoms with van der Waals surface area (Å²) in [5, 5.41) is 22.6. The number of carbonyl (C=O) groups excluding carboxylic acids is 1. The van der Waals surface area contributed by atoms with E-state index in [4.69, 9.17) is 10.5 Å². The summed E-state index contributed by atoms with van der Waals surface area (Å²) in [6, 6.07) is 4.69. The Morgan fingerprint density at radius 1 is 1.22 bits per heavy atom. The van der Waals surface area contributed by atoms with E-state index in [1.165, 1.54) is 23.1 Å². The highest BCUT2D eigenvalue weighted by atomic mass is 32.2. The Balaban J connectivity index is 1.58. The van der Waals surface area contributed by atoms with Gasteiger partial charge in [0.05, 0.1) is 40.2 Å². The molecule has 0 saturated heterocycles. The van der Waals surface area contributed by atoms with Gasteiger partial charge >= 0.3 is 12.1 Å². The molecule has 5 atom stereocenters. The van der Waals surface area contributed by atoms with Crippen LogP contribution in [0, 0.1) is 28.1 Å². The molecule has 1 aromatic heterocycles. The lowest BCUT2D eigenvalue weighted by molar-refractivity contribution is -0.164. The van der Waals surface area contributed by atoms with Crippen LogP contribution in [0.2, 0.25) is 0 Å². The van der Waals surface area contributed by atoms with Gasteiger partial charge in [-0.3, -0.25) is 14.3 Å². The van der Waals surface area contributed by atoms with Gasteiger partial charge in [-0.1, -0.05) is 18.9 Å². The van der Waals surface area contributed by atoms with E-state index >= 15 is 0 Å². The number of benzene rings is 1. The van der Waals surface area contributed by atoms with Crippen LogP contribution in [-0.4, -0.2) is 52.6 Å². The van der Waals surface area contributed by atoms with E-state index in [9.17, 15) is 41.5 Å². The second kappa shape index (κ2) is 9.84. The number of hydrogen-bond acceptors (Lipinski definition) is 7. The molecule has 41 heavy (non-hydrogen) atoms. The van der Waals surface area contributed by atoms with Crippen LogP contribution in [-0.2, 0) is 37.4 Å². The molecular formula is C27H29F3N4O6S. The number of sulfone groups is 1. The van der Waals surface area contributed by atoms with Crippen LogP contribution in [0.5, 0.6) is 0 Å². The molecule has 220 valence electrons. The summed E-state index contributed by atoms with van der Waals surface area (Å²) in [6.07, 6.45) is -2.16. The largest absolute Gasteiger partial charge is 0.481 e. The summed E-state index contributed by atoms with van der Waals surface area (Å²) < 4.78 is 78.3. The lowest BCUT2D eigenvalue weighted by Gasteiger charge is -2.34. The topological polar surface area (TPSA) is 165 Å². The zero-order valence-corrected chi connectivity index (χ0v) is 22.9. The third-order valence-electron chi connectivity index (χ3n) is 8.96. The zero-order chi connectivity index (χ0) is 30.0. The fourth-order valence-electron chi connectivity index (χ4n) is 6.72. The lowest BCUT2D eigenvalue weighted by Crippen LogP contribution is -2.46. The average Bonchev–Trinajstić information content (AvgIpc) is 3.25. The predicted octanol–water partition coefficient (Wildman–Crippen LogP) is 3.46. The SMILES string of the molecule is Cn1cc(-c2ccc(S(=O)(=O)[C@H]3C[C@@H](OC4CCCC4)[C@](C(=O)O)(C4CC4(C#N)C(N)=O)C3)c(C(F)(F)F)c2)cn1. The minimum Gasteiger partial charge on any atom is -0.481 e. The highest BCUT2D eigenvalue weighted by Gasteiger charge is 2.75. The number of alkyl halides is 3. The molecular weight excluding hydrogens is 565 g/mol. The van der Waals surface area contributed by atoms with Gasteiger partial charge in [-0.2, -0.15) is 23.5 Å². The van der Waals surface area contributed by atoms with Crippen molar-refractivity contribution in [1.82, 2.24) is 9.78 Å². The van der Waals surface area contributed by atoms with Crippen molar-refractivity contribution in [2.45, 2.75) is 73.5 Å². The van der Waals surface area contributed by atoms with Crippen LogP contribution in [0.1, 0.15) is 50.5 Å². The Labute approximate surface area is 234 Å². The van der Waals surface area contributed by atoms with Gasteiger partial charge in [0.1, 0.15) is 10.8 Å². The zero-order valence-electron chi connectivity index (χ0n) is 22.1. The molecule has 0 radical (unpaired) electrons. The molecule has 2 unspecified atom stereocenters. The van der Waals surface area contributed by atoms with Gasteiger partial charge in [-0.15, -0.1) is 0 Å². The molecule has 10 nitrogen and oxygen atoms in total. The van der Waals surface area contributed by atoms with Crippen molar-refractivity contribution >= 4 is 21.7 Å². The number of amides is 1. The highest BCUT2D eigenvalue weighted by molar-refractivity contribution is 7.92. The number of carboxylic acid groups (broad SMARTS) is 1. The first-order valence-electron chi connectivity index (χ1n) is 13.2. The van der Waals surface area contributed by atoms with Crippen molar-refractivity contribution in [3.05, 3.63) is 36.2 Å². The first-order valence-corrected chi connectivity index (χ1v) is 14.8. The van der Waals surface area contributed by atoms with Gasteiger partial charge in [0.25, 0.3) is 0 Å². The summed E-state index contributed by atoms with van der Waals surface area (Å²) in [4.78, 5) is 24.2. The van der Waals surface area contributed by atoms with Crippen LogP contribution >= 0.6 is 0 Å².